The highest BCUT2D eigenvalue weighted by atomic mass is 19.1. The molecular formula is C26H28FNO2. The van der Waals surface area contributed by atoms with Gasteiger partial charge in [0.2, 0.25) is 0 Å². The maximum absolute atomic E-state index is 13.7. The average Bonchev–Trinajstić information content (AvgIpc) is 2.80. The third kappa shape index (κ3) is 4.78. The molecule has 0 radical (unpaired) electrons. The van der Waals surface area contributed by atoms with E-state index in [2.05, 4.69) is 17.0 Å². The lowest BCUT2D eigenvalue weighted by atomic mass is 9.73. The van der Waals surface area contributed by atoms with Gasteiger partial charge in [0.05, 0.1) is 13.2 Å². The van der Waals surface area contributed by atoms with Gasteiger partial charge in [-0.25, -0.2) is 4.39 Å². The summed E-state index contributed by atoms with van der Waals surface area (Å²) in [6, 6.07) is 26.5. The van der Waals surface area contributed by atoms with Crippen LogP contribution in [0.3, 0.4) is 0 Å². The Kier molecular flexibility index (Phi) is 6.58. The minimum atomic E-state index is -1.19. The quantitative estimate of drug-likeness (QED) is 0.634. The number of morpholine rings is 1. The molecule has 0 spiro atoms. The largest absolute Gasteiger partial charge is 0.384 e. The van der Waals surface area contributed by atoms with E-state index < -0.39 is 5.60 Å². The van der Waals surface area contributed by atoms with Gasteiger partial charge in [-0.2, -0.15) is 0 Å². The fourth-order valence-corrected chi connectivity index (χ4v) is 4.33. The van der Waals surface area contributed by atoms with Crippen molar-refractivity contribution in [1.82, 2.24) is 4.90 Å². The van der Waals surface area contributed by atoms with Gasteiger partial charge < -0.3 is 9.84 Å². The number of nitrogens with zero attached hydrogens (tertiary/aromatic N) is 1. The van der Waals surface area contributed by atoms with Crippen LogP contribution in [0.2, 0.25) is 0 Å². The normalized spacial score (nSPS) is 17.9. The molecule has 3 aromatic carbocycles. The van der Waals surface area contributed by atoms with Crippen molar-refractivity contribution in [2.24, 2.45) is 0 Å². The van der Waals surface area contributed by atoms with E-state index in [1.807, 2.05) is 48.5 Å². The summed E-state index contributed by atoms with van der Waals surface area (Å²) in [5, 5.41) is 12.3. The van der Waals surface area contributed by atoms with E-state index in [9.17, 15) is 9.50 Å². The van der Waals surface area contributed by atoms with Crippen LogP contribution in [-0.2, 0) is 16.8 Å². The minimum Gasteiger partial charge on any atom is -0.384 e. The molecule has 1 heterocycles. The Morgan fingerprint density at radius 1 is 0.867 bits per heavy atom. The molecule has 1 saturated heterocycles. The van der Waals surface area contributed by atoms with E-state index in [-0.39, 0.29) is 11.7 Å². The molecule has 1 fully saturated rings. The number of rotatable bonds is 7. The first-order valence-corrected chi connectivity index (χ1v) is 10.5. The molecule has 0 bridgehead atoms. The molecule has 4 rings (SSSR count). The Bertz CT molecular complexity index is 911. The summed E-state index contributed by atoms with van der Waals surface area (Å²) in [6.07, 6.45) is 0.448. The zero-order chi connectivity index (χ0) is 20.8. The molecular weight excluding hydrogens is 377 g/mol. The van der Waals surface area contributed by atoms with Crippen LogP contribution in [0.25, 0.3) is 0 Å². The number of aliphatic hydroxyl groups is 1. The second kappa shape index (κ2) is 9.52. The van der Waals surface area contributed by atoms with E-state index in [4.69, 9.17) is 4.74 Å². The fraction of sp³-hybridized carbons (Fsp3) is 0.308. The van der Waals surface area contributed by atoms with Crippen molar-refractivity contribution in [3.05, 3.63) is 107 Å². The summed E-state index contributed by atoms with van der Waals surface area (Å²) in [5.74, 6) is -0.479. The van der Waals surface area contributed by atoms with Crippen molar-refractivity contribution in [1.29, 1.82) is 0 Å². The highest BCUT2D eigenvalue weighted by Gasteiger charge is 2.40. The van der Waals surface area contributed by atoms with Gasteiger partial charge in [0.1, 0.15) is 11.4 Å². The molecule has 0 unspecified atom stereocenters. The smallest absolute Gasteiger partial charge is 0.123 e. The molecule has 1 aliphatic rings. The Morgan fingerprint density at radius 3 is 2.10 bits per heavy atom. The molecule has 30 heavy (non-hydrogen) atoms. The molecule has 1 N–H and O–H groups in total. The lowest BCUT2D eigenvalue weighted by molar-refractivity contribution is -0.0223. The predicted molar refractivity (Wildman–Crippen MR) is 117 cm³/mol. The standard InChI is InChI=1S/C26H28FNO2/c27-24-13-11-23(12-14-24)26(29,19-21-7-3-1-4-8-21)25(22-9-5-2-6-10-22)20-28-15-17-30-18-16-28/h1-14,25,29H,15-20H2/t25-,26+/m1/s1. The second-order valence-corrected chi connectivity index (χ2v) is 7.97. The molecule has 0 amide bonds. The third-order valence-electron chi connectivity index (χ3n) is 5.98. The Labute approximate surface area is 177 Å². The molecule has 0 aliphatic carbocycles. The molecule has 4 heteroatoms. The van der Waals surface area contributed by atoms with Crippen molar-refractivity contribution in [2.75, 3.05) is 32.8 Å². The van der Waals surface area contributed by atoms with E-state index in [0.717, 1.165) is 29.8 Å². The SMILES string of the molecule is O[C@@](Cc1ccccc1)(c1ccc(F)cc1)[C@H](CN1CCOCC1)c1ccccc1. The van der Waals surface area contributed by atoms with Crippen LogP contribution in [0, 0.1) is 5.82 Å². The van der Waals surface area contributed by atoms with Gasteiger partial charge in [-0.05, 0) is 28.8 Å². The first-order chi connectivity index (χ1) is 14.6. The van der Waals surface area contributed by atoms with Gasteiger partial charge in [-0.3, -0.25) is 4.90 Å². The summed E-state index contributed by atoms with van der Waals surface area (Å²) in [7, 11) is 0. The molecule has 0 saturated carbocycles. The van der Waals surface area contributed by atoms with Crippen LogP contribution in [0.1, 0.15) is 22.6 Å². The summed E-state index contributed by atoms with van der Waals surface area (Å²) in [4.78, 5) is 2.35. The van der Waals surface area contributed by atoms with E-state index in [0.29, 0.717) is 26.2 Å². The average molecular weight is 406 g/mol. The molecule has 3 aromatic rings. The van der Waals surface area contributed by atoms with Crippen LogP contribution in [0.15, 0.2) is 84.9 Å². The number of halogens is 1. The van der Waals surface area contributed by atoms with Crippen LogP contribution < -0.4 is 0 Å². The van der Waals surface area contributed by atoms with Crippen molar-refractivity contribution >= 4 is 0 Å². The van der Waals surface area contributed by atoms with Crippen LogP contribution in [0.4, 0.5) is 4.39 Å². The van der Waals surface area contributed by atoms with Crippen molar-refractivity contribution in [3.63, 3.8) is 0 Å². The summed E-state index contributed by atoms with van der Waals surface area (Å²) in [5.41, 5.74) is 1.67. The highest BCUT2D eigenvalue weighted by Crippen LogP contribution is 2.40. The Hall–Kier alpha value is -2.53. The van der Waals surface area contributed by atoms with Crippen molar-refractivity contribution in [3.8, 4) is 0 Å². The van der Waals surface area contributed by atoms with Gasteiger partial charge in [-0.1, -0.05) is 72.8 Å². The number of benzene rings is 3. The van der Waals surface area contributed by atoms with Gasteiger partial charge >= 0.3 is 0 Å². The molecule has 0 aromatic heterocycles. The Morgan fingerprint density at radius 2 is 1.47 bits per heavy atom. The van der Waals surface area contributed by atoms with Gasteiger partial charge in [0.15, 0.2) is 0 Å². The predicted octanol–water partition coefficient (Wildman–Crippen LogP) is 4.37. The van der Waals surface area contributed by atoms with Crippen LogP contribution in [-0.4, -0.2) is 42.9 Å². The molecule has 156 valence electrons. The summed E-state index contributed by atoms with van der Waals surface area (Å²) >= 11 is 0. The first kappa shape index (κ1) is 20.7. The lowest BCUT2D eigenvalue weighted by Gasteiger charge is -2.41. The van der Waals surface area contributed by atoms with E-state index >= 15 is 0 Å². The molecule has 2 atom stereocenters. The number of hydrogen-bond donors (Lipinski definition) is 1. The number of ether oxygens (including phenoxy) is 1. The minimum absolute atomic E-state index is 0.178. The monoisotopic (exact) mass is 405 g/mol. The van der Waals surface area contributed by atoms with Gasteiger partial charge in [0, 0.05) is 32.0 Å². The van der Waals surface area contributed by atoms with Crippen LogP contribution >= 0.6 is 0 Å². The van der Waals surface area contributed by atoms with Crippen LogP contribution in [0.5, 0.6) is 0 Å². The zero-order valence-electron chi connectivity index (χ0n) is 17.1. The third-order valence-corrected chi connectivity index (χ3v) is 5.98. The Balaban J connectivity index is 1.77. The first-order valence-electron chi connectivity index (χ1n) is 10.5. The highest BCUT2D eigenvalue weighted by molar-refractivity contribution is 5.34. The maximum atomic E-state index is 13.7. The van der Waals surface area contributed by atoms with Gasteiger partial charge in [0.25, 0.3) is 0 Å². The topological polar surface area (TPSA) is 32.7 Å². The molecule has 3 nitrogen and oxygen atoms in total. The lowest BCUT2D eigenvalue weighted by Crippen LogP contribution is -2.45. The second-order valence-electron chi connectivity index (χ2n) is 7.97. The zero-order valence-corrected chi connectivity index (χ0v) is 17.1. The van der Waals surface area contributed by atoms with E-state index in [1.165, 1.54) is 12.1 Å². The number of hydrogen-bond acceptors (Lipinski definition) is 3. The summed E-state index contributed by atoms with van der Waals surface area (Å²) < 4.78 is 19.2. The summed E-state index contributed by atoms with van der Waals surface area (Å²) in [6.45, 7) is 3.79. The maximum Gasteiger partial charge on any atom is 0.123 e. The fourth-order valence-electron chi connectivity index (χ4n) is 4.33. The van der Waals surface area contributed by atoms with Gasteiger partial charge in [-0.15, -0.1) is 0 Å². The van der Waals surface area contributed by atoms with Crippen molar-refractivity contribution < 1.29 is 14.2 Å². The molecule has 1 aliphatic heterocycles. The van der Waals surface area contributed by atoms with Crippen molar-refractivity contribution in [2.45, 2.75) is 17.9 Å². The van der Waals surface area contributed by atoms with E-state index in [1.54, 1.807) is 12.1 Å².